The largest absolute Gasteiger partial charge is 0.408 e. The lowest BCUT2D eigenvalue weighted by Gasteiger charge is -2.34. The third-order valence-corrected chi connectivity index (χ3v) is 8.62. The molecule has 6 heterocycles. The maximum absolute atomic E-state index is 13.2. The van der Waals surface area contributed by atoms with Gasteiger partial charge in [0.05, 0.1) is 18.3 Å². The van der Waals surface area contributed by atoms with Gasteiger partial charge in [0.15, 0.2) is 11.3 Å². The first-order valence-corrected chi connectivity index (χ1v) is 17.7. The van der Waals surface area contributed by atoms with Crippen LogP contribution in [0.1, 0.15) is 60.2 Å². The summed E-state index contributed by atoms with van der Waals surface area (Å²) in [6, 6.07) is 1.45. The highest BCUT2D eigenvalue weighted by atomic mass is 19.4. The molecule has 10 N–H and O–H groups in total. The van der Waals surface area contributed by atoms with E-state index in [0.29, 0.717) is 25.2 Å². The minimum Gasteiger partial charge on any atom is -0.405 e. The van der Waals surface area contributed by atoms with Crippen LogP contribution in [-0.4, -0.2) is 79.0 Å². The molecule has 2 fully saturated rings. The fourth-order valence-corrected chi connectivity index (χ4v) is 6.01. The number of allylic oxidation sites excluding steroid dienone is 4. The summed E-state index contributed by atoms with van der Waals surface area (Å²) in [6.07, 6.45) is 6.18. The standard InChI is InChI=1S/C17H20F3N7O.C16H18F3N7O.C2H6/c18-17(19,20)11-3-2-7-26(10-11)14-5-8-27-15(25-14)12(9-23-27)16(28)24-13(22)4-1-6-21;17-16(18,19)11-3-2-7-25(11)13-5-8-26-14(24-13)10(9-22-26)15(27)23-12(21)4-1-6-20;1-2/h1,4-6,8-9,11H,2-3,7,10,21-22H2,(H,24,28);1,4-6,8-9,11H,2-3,7,20-21H2,(H,23,27);1-2H3/b6-1-,13-4+;6-1-,12-4+;. The third-order valence-electron chi connectivity index (χ3n) is 8.62. The van der Waals surface area contributed by atoms with Crippen LogP contribution in [0, 0.1) is 5.92 Å². The number of fused-ring (bicyclic) bond motifs is 2. The van der Waals surface area contributed by atoms with Crippen molar-refractivity contribution in [3.05, 3.63) is 96.4 Å². The van der Waals surface area contributed by atoms with Crippen LogP contribution in [0.4, 0.5) is 38.0 Å². The SMILES string of the molecule is CC.N/C=C\C=C(/N)NC(=O)c1cnn2ccc(N3CCCC(C(F)(F)F)C3)nc12.N/C=C\C=C(/N)NC(=O)c1cnn2ccc(N3CCCC3C(F)(F)F)nc12. The smallest absolute Gasteiger partial charge is 0.405 e. The van der Waals surface area contributed by atoms with Crippen molar-refractivity contribution in [3.8, 4) is 0 Å². The fourth-order valence-electron chi connectivity index (χ4n) is 6.01. The number of hydrogen-bond donors (Lipinski definition) is 6. The van der Waals surface area contributed by atoms with E-state index in [0.717, 1.165) is 0 Å². The highest BCUT2D eigenvalue weighted by Gasteiger charge is 2.46. The maximum Gasteiger partial charge on any atom is 0.408 e. The number of nitrogens with zero attached hydrogens (tertiary/aromatic N) is 8. The Bertz CT molecular complexity index is 2120. The van der Waals surface area contributed by atoms with Gasteiger partial charge < -0.3 is 43.4 Å². The molecule has 16 nitrogen and oxygen atoms in total. The summed E-state index contributed by atoms with van der Waals surface area (Å²) in [5.41, 5.74) is 22.3. The molecule has 4 aromatic rings. The number of piperidine rings is 1. The second-order valence-electron chi connectivity index (χ2n) is 12.4. The first-order valence-electron chi connectivity index (χ1n) is 17.7. The average molecular weight is 807 g/mol. The van der Waals surface area contributed by atoms with Crippen LogP contribution < -0.4 is 43.4 Å². The molecule has 6 rings (SSSR count). The predicted octanol–water partition coefficient (Wildman–Crippen LogP) is 3.80. The van der Waals surface area contributed by atoms with Crippen LogP contribution in [0.5, 0.6) is 0 Å². The Balaban J connectivity index is 0.000000242. The fraction of sp³-hybridized carbons (Fsp3) is 0.371. The van der Waals surface area contributed by atoms with E-state index in [1.165, 1.54) is 75.3 Å². The number of aromatic nitrogens is 6. The Morgan fingerprint density at radius 1 is 0.754 bits per heavy atom. The summed E-state index contributed by atoms with van der Waals surface area (Å²) >= 11 is 0. The summed E-state index contributed by atoms with van der Waals surface area (Å²) in [4.78, 5) is 36.2. The van der Waals surface area contributed by atoms with Gasteiger partial charge in [-0.1, -0.05) is 13.8 Å². The zero-order valence-electron chi connectivity index (χ0n) is 31.0. The Morgan fingerprint density at radius 2 is 1.25 bits per heavy atom. The summed E-state index contributed by atoms with van der Waals surface area (Å²) < 4.78 is 81.6. The lowest BCUT2D eigenvalue weighted by atomic mass is 9.97. The van der Waals surface area contributed by atoms with Crippen LogP contribution in [0.2, 0.25) is 0 Å². The quantitative estimate of drug-likeness (QED) is 0.110. The van der Waals surface area contributed by atoms with Crippen molar-refractivity contribution >= 4 is 34.7 Å². The second-order valence-corrected chi connectivity index (χ2v) is 12.4. The van der Waals surface area contributed by atoms with Gasteiger partial charge >= 0.3 is 12.4 Å². The summed E-state index contributed by atoms with van der Waals surface area (Å²) in [5, 5.41) is 13.0. The summed E-state index contributed by atoms with van der Waals surface area (Å²) in [5.74, 6) is -1.88. The molecule has 4 aromatic heterocycles. The van der Waals surface area contributed by atoms with Crippen molar-refractivity contribution < 1.29 is 35.9 Å². The molecule has 2 aliphatic heterocycles. The van der Waals surface area contributed by atoms with Crippen molar-refractivity contribution in [1.29, 1.82) is 0 Å². The summed E-state index contributed by atoms with van der Waals surface area (Å²) in [7, 11) is 0. The van der Waals surface area contributed by atoms with Crippen molar-refractivity contribution in [1.82, 2.24) is 39.8 Å². The van der Waals surface area contributed by atoms with Crippen molar-refractivity contribution in [3.63, 3.8) is 0 Å². The molecule has 0 aromatic carbocycles. The van der Waals surface area contributed by atoms with E-state index in [-0.39, 0.29) is 65.8 Å². The van der Waals surface area contributed by atoms with Gasteiger partial charge in [0, 0.05) is 32.0 Å². The van der Waals surface area contributed by atoms with Gasteiger partial charge in [-0.2, -0.15) is 36.5 Å². The van der Waals surface area contributed by atoms with Crippen LogP contribution in [0.3, 0.4) is 0 Å². The number of anilines is 2. The van der Waals surface area contributed by atoms with Crippen LogP contribution in [0.15, 0.2) is 85.3 Å². The topological polar surface area (TPSA) is 229 Å². The normalized spacial score (nSPS) is 18.1. The molecule has 0 saturated carbocycles. The lowest BCUT2D eigenvalue weighted by molar-refractivity contribution is -0.176. The first-order chi connectivity index (χ1) is 27.1. The van der Waals surface area contributed by atoms with E-state index in [2.05, 4.69) is 30.8 Å². The average Bonchev–Trinajstić information content (AvgIpc) is 3.95. The monoisotopic (exact) mass is 806 g/mol. The van der Waals surface area contributed by atoms with Gasteiger partial charge in [-0.05, 0) is 74.5 Å². The van der Waals surface area contributed by atoms with E-state index < -0.39 is 36.1 Å². The molecule has 2 aliphatic rings. The number of rotatable bonds is 8. The van der Waals surface area contributed by atoms with Crippen molar-refractivity contribution in [2.24, 2.45) is 28.9 Å². The van der Waals surface area contributed by atoms with Gasteiger partial charge in [0.25, 0.3) is 11.8 Å². The predicted molar refractivity (Wildman–Crippen MR) is 201 cm³/mol. The highest BCUT2D eigenvalue weighted by molar-refractivity contribution is 6.01. The minimum atomic E-state index is -4.35. The van der Waals surface area contributed by atoms with Crippen LogP contribution in [-0.2, 0) is 0 Å². The molecule has 2 unspecified atom stereocenters. The number of halogens is 6. The number of carbonyl (C=O) groups excluding carboxylic acids is 2. The molecular formula is C35H44F6N14O2. The second kappa shape index (κ2) is 18.9. The minimum absolute atomic E-state index is 0.0129. The van der Waals surface area contributed by atoms with Crippen molar-refractivity contribution in [2.45, 2.75) is 57.9 Å². The van der Waals surface area contributed by atoms with Gasteiger partial charge in [0.2, 0.25) is 0 Å². The molecule has 2 amide bonds. The number of carbonyl (C=O) groups is 2. The van der Waals surface area contributed by atoms with E-state index >= 15 is 0 Å². The van der Waals surface area contributed by atoms with Crippen LogP contribution >= 0.6 is 0 Å². The maximum atomic E-state index is 13.2. The number of alkyl halides is 6. The Kier molecular flexibility index (Phi) is 14.3. The Hall–Kier alpha value is -6.48. The molecular weight excluding hydrogens is 762 g/mol. The molecule has 2 atom stereocenters. The van der Waals surface area contributed by atoms with Gasteiger partial charge in [-0.15, -0.1) is 0 Å². The van der Waals surface area contributed by atoms with Crippen molar-refractivity contribution in [2.75, 3.05) is 29.4 Å². The molecule has 0 bridgehead atoms. The molecule has 0 aliphatic carbocycles. The number of nitrogens with one attached hydrogen (secondary N) is 2. The van der Waals surface area contributed by atoms with Gasteiger partial charge in [0.1, 0.15) is 40.4 Å². The molecule has 2 saturated heterocycles. The Labute approximate surface area is 322 Å². The lowest BCUT2D eigenvalue weighted by Crippen LogP contribution is -2.42. The number of hydrogen-bond acceptors (Lipinski definition) is 12. The van der Waals surface area contributed by atoms with E-state index in [1.807, 2.05) is 13.8 Å². The number of nitrogens with two attached hydrogens (primary N) is 4. The van der Waals surface area contributed by atoms with Crippen LogP contribution in [0.25, 0.3) is 11.3 Å². The number of amides is 2. The molecule has 308 valence electrons. The molecule has 0 radical (unpaired) electrons. The zero-order valence-corrected chi connectivity index (χ0v) is 31.0. The van der Waals surface area contributed by atoms with E-state index in [9.17, 15) is 35.9 Å². The van der Waals surface area contributed by atoms with E-state index in [1.54, 1.807) is 17.2 Å². The Morgan fingerprint density at radius 3 is 1.74 bits per heavy atom. The summed E-state index contributed by atoms with van der Waals surface area (Å²) in [6.45, 7) is 4.54. The first kappa shape index (κ1) is 43.3. The zero-order chi connectivity index (χ0) is 41.9. The molecule has 0 spiro atoms. The van der Waals surface area contributed by atoms with Gasteiger partial charge in [-0.25, -0.2) is 19.0 Å². The highest BCUT2D eigenvalue weighted by Crippen LogP contribution is 2.36. The molecule has 57 heavy (non-hydrogen) atoms. The van der Waals surface area contributed by atoms with E-state index in [4.69, 9.17) is 22.9 Å². The molecule has 22 heteroatoms. The van der Waals surface area contributed by atoms with Gasteiger partial charge in [-0.3, -0.25) is 9.59 Å². The third kappa shape index (κ3) is 10.9.